The molecule has 272 valence electrons. The maximum absolute atomic E-state index is 5.18. The van der Waals surface area contributed by atoms with Crippen molar-refractivity contribution in [2.75, 3.05) is 0 Å². The Morgan fingerprint density at radius 2 is 0.672 bits per heavy atom. The summed E-state index contributed by atoms with van der Waals surface area (Å²) in [4.78, 5) is 10.4. The van der Waals surface area contributed by atoms with Crippen molar-refractivity contribution in [1.82, 2.24) is 9.97 Å². The summed E-state index contributed by atoms with van der Waals surface area (Å²) >= 11 is 0. The molecule has 0 saturated carbocycles. The maximum atomic E-state index is 5.18. The highest BCUT2D eigenvalue weighted by atomic mass is 14.9. The van der Waals surface area contributed by atoms with E-state index < -0.39 is 0 Å². The van der Waals surface area contributed by atoms with Crippen LogP contribution >= 0.6 is 0 Å². The predicted molar refractivity (Wildman–Crippen MR) is 243 cm³/mol. The zero-order chi connectivity index (χ0) is 38.7. The van der Waals surface area contributed by atoms with Crippen molar-refractivity contribution < 1.29 is 0 Å². The predicted octanol–water partition coefficient (Wildman–Crippen LogP) is 15.0. The van der Waals surface area contributed by atoms with Gasteiger partial charge in [-0.2, -0.15) is 0 Å². The second kappa shape index (κ2) is 15.5. The molecule has 0 fully saturated rings. The number of hydrogen-bond donors (Lipinski definition) is 0. The van der Waals surface area contributed by atoms with Gasteiger partial charge in [-0.05, 0) is 90.7 Å². The highest BCUT2D eigenvalue weighted by molar-refractivity contribution is 5.99. The molecule has 1 aromatic heterocycles. The molecule has 58 heavy (non-hydrogen) atoms. The lowest BCUT2D eigenvalue weighted by atomic mass is 9.84. The molecule has 10 rings (SSSR count). The molecule has 10 aromatic rings. The Balaban J connectivity index is 1.15. The first-order chi connectivity index (χ1) is 28.7. The van der Waals surface area contributed by atoms with Crippen LogP contribution in [-0.4, -0.2) is 9.97 Å². The van der Waals surface area contributed by atoms with Crippen LogP contribution in [0.1, 0.15) is 0 Å². The smallest absolute Gasteiger partial charge is 0.160 e. The third-order valence-electron chi connectivity index (χ3n) is 10.9. The third-order valence-corrected chi connectivity index (χ3v) is 10.9. The van der Waals surface area contributed by atoms with Gasteiger partial charge in [-0.3, -0.25) is 0 Å². The quantitative estimate of drug-likeness (QED) is 0.155. The minimum Gasteiger partial charge on any atom is -0.228 e. The van der Waals surface area contributed by atoms with Crippen LogP contribution in [0.15, 0.2) is 231 Å². The van der Waals surface area contributed by atoms with Gasteiger partial charge in [-0.1, -0.05) is 206 Å². The van der Waals surface area contributed by atoms with Crippen molar-refractivity contribution in [3.8, 4) is 89.5 Å². The first kappa shape index (κ1) is 34.8. The summed E-state index contributed by atoms with van der Waals surface area (Å²) in [5.41, 5.74) is 16.5. The summed E-state index contributed by atoms with van der Waals surface area (Å²) in [6.07, 6.45) is 0. The van der Waals surface area contributed by atoms with Crippen LogP contribution in [0.4, 0.5) is 0 Å². The second-order valence-corrected chi connectivity index (χ2v) is 14.6. The number of hydrogen-bond acceptors (Lipinski definition) is 2. The second-order valence-electron chi connectivity index (χ2n) is 14.6. The number of benzene rings is 9. The molecular formula is C56H38N2. The Hall–Kier alpha value is -7.68. The fourth-order valence-electron chi connectivity index (χ4n) is 8.03. The molecule has 1 heterocycles. The number of fused-ring (bicyclic) bond motifs is 1. The van der Waals surface area contributed by atoms with Gasteiger partial charge in [0, 0.05) is 16.7 Å². The lowest BCUT2D eigenvalue weighted by molar-refractivity contribution is 1.18. The molecule has 0 aliphatic carbocycles. The van der Waals surface area contributed by atoms with Gasteiger partial charge in [0.15, 0.2) is 5.82 Å². The molecule has 2 heteroatoms. The Morgan fingerprint density at radius 3 is 1.26 bits per heavy atom. The normalized spacial score (nSPS) is 11.1. The molecule has 0 bridgehead atoms. The monoisotopic (exact) mass is 738 g/mol. The van der Waals surface area contributed by atoms with Crippen molar-refractivity contribution in [3.63, 3.8) is 0 Å². The number of nitrogens with zero attached hydrogens (tertiary/aromatic N) is 2. The van der Waals surface area contributed by atoms with Crippen LogP contribution in [0.3, 0.4) is 0 Å². The zero-order valence-electron chi connectivity index (χ0n) is 31.8. The summed E-state index contributed by atoms with van der Waals surface area (Å²) in [5, 5.41) is 2.51. The van der Waals surface area contributed by atoms with Crippen LogP contribution in [-0.2, 0) is 0 Å². The fraction of sp³-hybridized carbons (Fsp3) is 0. The molecule has 0 unspecified atom stereocenters. The zero-order valence-corrected chi connectivity index (χ0v) is 31.8. The van der Waals surface area contributed by atoms with Crippen molar-refractivity contribution in [2.24, 2.45) is 0 Å². The van der Waals surface area contributed by atoms with Crippen LogP contribution in [0.2, 0.25) is 0 Å². The van der Waals surface area contributed by atoms with Gasteiger partial charge in [0.25, 0.3) is 0 Å². The van der Waals surface area contributed by atoms with Gasteiger partial charge < -0.3 is 0 Å². The molecule has 0 saturated heterocycles. The number of aromatic nitrogens is 2. The van der Waals surface area contributed by atoms with E-state index in [2.05, 4.69) is 218 Å². The molecule has 0 radical (unpaired) electrons. The first-order valence-corrected chi connectivity index (χ1v) is 19.7. The Kier molecular flexibility index (Phi) is 9.27. The topological polar surface area (TPSA) is 25.8 Å². The minimum atomic E-state index is 0.687. The highest BCUT2D eigenvalue weighted by Crippen LogP contribution is 2.44. The van der Waals surface area contributed by atoms with Gasteiger partial charge in [0.1, 0.15) is 0 Å². The molecule has 0 amide bonds. The lowest BCUT2D eigenvalue weighted by Crippen LogP contribution is -1.97. The summed E-state index contributed by atoms with van der Waals surface area (Å²) in [6.45, 7) is 0. The number of rotatable bonds is 8. The highest BCUT2D eigenvalue weighted by Gasteiger charge is 2.19. The van der Waals surface area contributed by atoms with Crippen LogP contribution in [0.25, 0.3) is 100 Å². The average molecular weight is 739 g/mol. The standard InChI is InChI=1S/C56H38N2/c1-5-17-41(18-6-1)51-36-48(39-31-33-43(34-32-39)50-30-16-26-40-21-13-14-29-49(40)50)37-52(42-19-7-2-8-20-42)55(51)46-27-15-28-47(35-46)56-57-53(44-22-9-3-10-23-44)38-54(58-56)45-24-11-4-12-25-45/h1-38H. The van der Waals surface area contributed by atoms with Gasteiger partial charge >= 0.3 is 0 Å². The van der Waals surface area contributed by atoms with E-state index in [1.54, 1.807) is 0 Å². The Labute approximate surface area is 339 Å². The summed E-state index contributed by atoms with van der Waals surface area (Å²) in [5.74, 6) is 0.687. The van der Waals surface area contributed by atoms with E-state index >= 15 is 0 Å². The van der Waals surface area contributed by atoms with E-state index in [4.69, 9.17) is 9.97 Å². The van der Waals surface area contributed by atoms with E-state index in [9.17, 15) is 0 Å². The average Bonchev–Trinajstić information content (AvgIpc) is 3.32. The first-order valence-electron chi connectivity index (χ1n) is 19.7. The fourth-order valence-corrected chi connectivity index (χ4v) is 8.03. The summed E-state index contributed by atoms with van der Waals surface area (Å²) < 4.78 is 0. The maximum Gasteiger partial charge on any atom is 0.160 e. The molecule has 0 aliphatic heterocycles. The lowest BCUT2D eigenvalue weighted by Gasteiger charge is -2.20. The molecule has 9 aromatic carbocycles. The van der Waals surface area contributed by atoms with Crippen molar-refractivity contribution in [3.05, 3.63) is 231 Å². The minimum absolute atomic E-state index is 0.687. The summed E-state index contributed by atoms with van der Waals surface area (Å²) in [7, 11) is 0. The molecular weight excluding hydrogens is 701 g/mol. The van der Waals surface area contributed by atoms with Gasteiger partial charge in [-0.15, -0.1) is 0 Å². The van der Waals surface area contributed by atoms with E-state index in [-0.39, 0.29) is 0 Å². The third kappa shape index (κ3) is 6.89. The molecule has 0 aliphatic rings. The Morgan fingerprint density at radius 1 is 0.241 bits per heavy atom. The van der Waals surface area contributed by atoms with Crippen LogP contribution in [0, 0.1) is 0 Å². The molecule has 2 nitrogen and oxygen atoms in total. The van der Waals surface area contributed by atoms with Gasteiger partial charge in [0.2, 0.25) is 0 Å². The van der Waals surface area contributed by atoms with Crippen molar-refractivity contribution in [2.45, 2.75) is 0 Å². The van der Waals surface area contributed by atoms with Gasteiger partial charge in [-0.25, -0.2) is 9.97 Å². The van der Waals surface area contributed by atoms with Crippen molar-refractivity contribution >= 4 is 10.8 Å². The molecule has 0 atom stereocenters. The van der Waals surface area contributed by atoms with E-state index in [0.29, 0.717) is 5.82 Å². The largest absolute Gasteiger partial charge is 0.228 e. The van der Waals surface area contributed by atoms with E-state index in [1.165, 1.54) is 27.5 Å². The molecule has 0 spiro atoms. The Bertz CT molecular complexity index is 2890. The van der Waals surface area contributed by atoms with Gasteiger partial charge in [0.05, 0.1) is 11.4 Å². The van der Waals surface area contributed by atoms with Crippen LogP contribution < -0.4 is 0 Å². The van der Waals surface area contributed by atoms with Crippen molar-refractivity contribution in [1.29, 1.82) is 0 Å². The van der Waals surface area contributed by atoms with Crippen LogP contribution in [0.5, 0.6) is 0 Å². The molecule has 0 N–H and O–H groups in total. The van der Waals surface area contributed by atoms with E-state index in [0.717, 1.165) is 67.0 Å². The van der Waals surface area contributed by atoms with E-state index in [1.807, 2.05) is 12.1 Å². The summed E-state index contributed by atoms with van der Waals surface area (Å²) in [6, 6.07) is 81.9. The SMILES string of the molecule is c1ccc(-c2cc(-c3ccccc3)nc(-c3cccc(-c4c(-c5ccccc5)cc(-c5ccc(-c6cccc7ccccc67)cc5)cc4-c4ccccc4)c3)n2)cc1.